The summed E-state index contributed by atoms with van der Waals surface area (Å²) >= 11 is 0. The fraction of sp³-hybridized carbons (Fsp3) is 0.455. The second-order valence-corrected chi connectivity index (χ2v) is 6.09. The molecule has 1 N–H and O–H groups in total. The van der Waals surface area contributed by atoms with Gasteiger partial charge in [0.1, 0.15) is 15.7 Å². The lowest BCUT2D eigenvalue weighted by molar-refractivity contribution is 0.566. The van der Waals surface area contributed by atoms with Crippen LogP contribution < -0.4 is 5.32 Å². The van der Waals surface area contributed by atoms with Crippen LogP contribution in [0.25, 0.3) is 0 Å². The van der Waals surface area contributed by atoms with Gasteiger partial charge in [-0.05, 0) is 31.2 Å². The van der Waals surface area contributed by atoms with Gasteiger partial charge in [-0.3, -0.25) is 0 Å². The number of halogens is 1. The van der Waals surface area contributed by atoms with Crippen molar-refractivity contribution in [2.24, 2.45) is 0 Å². The first-order valence-electron chi connectivity index (χ1n) is 5.00. The molecule has 0 radical (unpaired) electrons. The largest absolute Gasteiger partial charge is 0.316 e. The Morgan fingerprint density at radius 3 is 2.31 bits per heavy atom. The quantitative estimate of drug-likeness (QED) is 0.842. The fourth-order valence-corrected chi connectivity index (χ4v) is 2.53. The third kappa shape index (κ3) is 4.72. The molecule has 0 spiro atoms. The summed E-state index contributed by atoms with van der Waals surface area (Å²) in [6.45, 7) is 0. The van der Waals surface area contributed by atoms with E-state index in [-0.39, 0.29) is 17.6 Å². The third-order valence-corrected chi connectivity index (χ3v) is 3.32. The zero-order valence-corrected chi connectivity index (χ0v) is 10.2. The standard InChI is InChI=1S/C11H16FNO2S/c1-13-11(8-16(2,14)15)7-9-3-5-10(12)6-4-9/h3-6,11,13H,7-8H2,1-2H3. The summed E-state index contributed by atoms with van der Waals surface area (Å²) in [5, 5.41) is 2.95. The molecule has 1 aromatic carbocycles. The highest BCUT2D eigenvalue weighted by Crippen LogP contribution is 2.06. The molecular formula is C11H16FNO2S. The van der Waals surface area contributed by atoms with Crippen LogP contribution in [0.4, 0.5) is 4.39 Å². The number of sulfone groups is 1. The molecule has 0 fully saturated rings. The van der Waals surface area contributed by atoms with E-state index in [4.69, 9.17) is 0 Å². The van der Waals surface area contributed by atoms with Crippen molar-refractivity contribution in [3.63, 3.8) is 0 Å². The lowest BCUT2D eigenvalue weighted by atomic mass is 10.1. The molecule has 0 aliphatic rings. The summed E-state index contributed by atoms with van der Waals surface area (Å²) in [7, 11) is -1.28. The normalized spacial score (nSPS) is 13.7. The van der Waals surface area contributed by atoms with E-state index in [0.29, 0.717) is 6.42 Å². The SMILES string of the molecule is CNC(Cc1ccc(F)cc1)CS(C)(=O)=O. The second-order valence-electron chi connectivity index (χ2n) is 3.91. The van der Waals surface area contributed by atoms with Gasteiger partial charge in [-0.15, -0.1) is 0 Å². The summed E-state index contributed by atoms with van der Waals surface area (Å²) in [6, 6.07) is 5.95. The molecule has 90 valence electrons. The first-order valence-corrected chi connectivity index (χ1v) is 7.06. The summed E-state index contributed by atoms with van der Waals surface area (Å²) in [6.07, 6.45) is 1.78. The Kier molecular flexibility index (Phi) is 4.44. The van der Waals surface area contributed by atoms with Crippen LogP contribution >= 0.6 is 0 Å². The average molecular weight is 245 g/mol. The van der Waals surface area contributed by atoms with Gasteiger partial charge in [-0.2, -0.15) is 0 Å². The Morgan fingerprint density at radius 1 is 1.31 bits per heavy atom. The molecule has 0 saturated carbocycles. The molecule has 1 aromatic rings. The van der Waals surface area contributed by atoms with Crippen molar-refractivity contribution in [2.45, 2.75) is 12.5 Å². The average Bonchev–Trinajstić information content (AvgIpc) is 2.18. The van der Waals surface area contributed by atoms with E-state index >= 15 is 0 Å². The summed E-state index contributed by atoms with van der Waals surface area (Å²) in [5.41, 5.74) is 0.921. The van der Waals surface area contributed by atoms with Crippen molar-refractivity contribution in [1.29, 1.82) is 0 Å². The van der Waals surface area contributed by atoms with Crippen LogP contribution in [-0.2, 0) is 16.3 Å². The van der Waals surface area contributed by atoms with Gasteiger partial charge in [0.15, 0.2) is 0 Å². The molecule has 0 saturated heterocycles. The smallest absolute Gasteiger partial charge is 0.148 e. The Balaban J connectivity index is 2.67. The van der Waals surface area contributed by atoms with Crippen molar-refractivity contribution in [1.82, 2.24) is 5.32 Å². The van der Waals surface area contributed by atoms with E-state index in [0.717, 1.165) is 5.56 Å². The van der Waals surface area contributed by atoms with Crippen LogP contribution in [0.1, 0.15) is 5.56 Å². The molecule has 0 aliphatic heterocycles. The highest BCUT2D eigenvalue weighted by Gasteiger charge is 2.13. The molecule has 5 heteroatoms. The minimum absolute atomic E-state index is 0.0842. The zero-order valence-electron chi connectivity index (χ0n) is 9.40. The van der Waals surface area contributed by atoms with E-state index in [1.165, 1.54) is 18.4 Å². The molecule has 3 nitrogen and oxygen atoms in total. The van der Waals surface area contributed by atoms with E-state index in [2.05, 4.69) is 5.32 Å². The van der Waals surface area contributed by atoms with Crippen LogP contribution in [0.5, 0.6) is 0 Å². The number of benzene rings is 1. The summed E-state index contributed by atoms with van der Waals surface area (Å²) < 4.78 is 35.0. The number of hydrogen-bond donors (Lipinski definition) is 1. The van der Waals surface area contributed by atoms with Gasteiger partial charge >= 0.3 is 0 Å². The van der Waals surface area contributed by atoms with Crippen LogP contribution in [0, 0.1) is 5.82 Å². The maximum absolute atomic E-state index is 12.7. The van der Waals surface area contributed by atoms with Crippen LogP contribution in [0.3, 0.4) is 0 Å². The number of likely N-dealkylation sites (N-methyl/N-ethyl adjacent to an activating group) is 1. The lowest BCUT2D eigenvalue weighted by Crippen LogP contribution is -2.34. The Labute approximate surface area is 95.6 Å². The maximum atomic E-state index is 12.7. The van der Waals surface area contributed by atoms with Gasteiger partial charge < -0.3 is 5.32 Å². The molecule has 0 aliphatic carbocycles. The molecule has 1 rings (SSSR count). The van der Waals surface area contributed by atoms with Crippen molar-refractivity contribution in [3.05, 3.63) is 35.6 Å². The van der Waals surface area contributed by atoms with E-state index in [9.17, 15) is 12.8 Å². The van der Waals surface area contributed by atoms with Crippen LogP contribution in [0.15, 0.2) is 24.3 Å². The van der Waals surface area contributed by atoms with Crippen molar-refractivity contribution in [3.8, 4) is 0 Å². The second kappa shape index (κ2) is 5.41. The van der Waals surface area contributed by atoms with E-state index in [1.807, 2.05) is 0 Å². The minimum atomic E-state index is -3.00. The van der Waals surface area contributed by atoms with Crippen molar-refractivity contribution >= 4 is 9.84 Å². The third-order valence-electron chi connectivity index (χ3n) is 2.31. The Morgan fingerprint density at radius 2 is 1.88 bits per heavy atom. The van der Waals surface area contributed by atoms with Crippen LogP contribution in [-0.4, -0.2) is 33.5 Å². The van der Waals surface area contributed by atoms with Crippen LogP contribution in [0.2, 0.25) is 0 Å². The number of rotatable bonds is 5. The molecular weight excluding hydrogens is 229 g/mol. The highest BCUT2D eigenvalue weighted by molar-refractivity contribution is 7.90. The van der Waals surface area contributed by atoms with Gasteiger partial charge in [0.25, 0.3) is 0 Å². The summed E-state index contributed by atoms with van der Waals surface area (Å²) in [5.74, 6) is -0.200. The number of nitrogens with one attached hydrogen (secondary N) is 1. The van der Waals surface area contributed by atoms with Crippen molar-refractivity contribution < 1.29 is 12.8 Å². The first kappa shape index (κ1) is 13.1. The molecule has 16 heavy (non-hydrogen) atoms. The molecule has 0 aromatic heterocycles. The first-order chi connectivity index (χ1) is 7.40. The number of hydrogen-bond acceptors (Lipinski definition) is 3. The maximum Gasteiger partial charge on any atom is 0.148 e. The monoisotopic (exact) mass is 245 g/mol. The van der Waals surface area contributed by atoms with E-state index in [1.54, 1.807) is 19.2 Å². The molecule has 1 unspecified atom stereocenters. The highest BCUT2D eigenvalue weighted by atomic mass is 32.2. The van der Waals surface area contributed by atoms with E-state index < -0.39 is 9.84 Å². The lowest BCUT2D eigenvalue weighted by Gasteiger charge is -2.14. The Bertz CT molecular complexity index is 428. The fourth-order valence-electron chi connectivity index (χ4n) is 1.51. The van der Waals surface area contributed by atoms with Crippen molar-refractivity contribution in [2.75, 3.05) is 19.1 Å². The van der Waals surface area contributed by atoms with Gasteiger partial charge in [-0.1, -0.05) is 12.1 Å². The minimum Gasteiger partial charge on any atom is -0.316 e. The summed E-state index contributed by atoms with van der Waals surface area (Å²) in [4.78, 5) is 0. The van der Waals surface area contributed by atoms with Gasteiger partial charge in [0.05, 0.1) is 5.75 Å². The molecule has 1 atom stereocenters. The predicted octanol–water partition coefficient (Wildman–Crippen LogP) is 1.00. The Hall–Kier alpha value is -0.940. The molecule has 0 amide bonds. The van der Waals surface area contributed by atoms with Gasteiger partial charge in [0.2, 0.25) is 0 Å². The van der Waals surface area contributed by atoms with Gasteiger partial charge in [-0.25, -0.2) is 12.8 Å². The molecule has 0 bridgehead atoms. The topological polar surface area (TPSA) is 46.2 Å². The predicted molar refractivity (Wildman–Crippen MR) is 62.7 cm³/mol. The molecule has 0 heterocycles. The van der Waals surface area contributed by atoms with Gasteiger partial charge in [0, 0.05) is 12.3 Å². The zero-order chi connectivity index (χ0) is 12.2.